The maximum absolute atomic E-state index is 11.4. The zero-order valence-electron chi connectivity index (χ0n) is 11.5. The van der Waals surface area contributed by atoms with Crippen molar-refractivity contribution in [1.82, 2.24) is 10.2 Å². The molecule has 0 amide bonds. The van der Waals surface area contributed by atoms with Gasteiger partial charge in [0, 0.05) is 12.0 Å². The van der Waals surface area contributed by atoms with Crippen molar-refractivity contribution in [3.8, 4) is 0 Å². The van der Waals surface area contributed by atoms with Crippen LogP contribution in [0.15, 0.2) is 35.3 Å². The van der Waals surface area contributed by atoms with E-state index in [2.05, 4.69) is 39.8 Å². The normalized spacial score (nSPS) is 25.9. The lowest BCUT2D eigenvalue weighted by molar-refractivity contribution is 0.609. The largest absolute Gasteiger partial charge is 0.382 e. The van der Waals surface area contributed by atoms with E-state index in [0.29, 0.717) is 17.0 Å². The molecule has 5 heteroatoms. The first-order valence-corrected chi connectivity index (χ1v) is 7.64. The number of aromatic nitrogens is 2. The second-order valence-electron chi connectivity index (χ2n) is 6.02. The SMILES string of the molecule is O=c1[nH]ncc(NC[C@H]2C[C@@]23CCc2ccccc23)c1Cl. The van der Waals surface area contributed by atoms with Gasteiger partial charge >= 0.3 is 0 Å². The minimum atomic E-state index is -0.349. The predicted molar refractivity (Wildman–Crippen MR) is 82.9 cm³/mol. The molecule has 1 aromatic carbocycles. The molecule has 0 aliphatic heterocycles. The minimum absolute atomic E-state index is 0.187. The molecule has 4 nitrogen and oxygen atoms in total. The van der Waals surface area contributed by atoms with Crippen LogP contribution >= 0.6 is 11.6 Å². The first-order valence-electron chi connectivity index (χ1n) is 7.26. The Morgan fingerprint density at radius 2 is 2.29 bits per heavy atom. The number of benzene rings is 1. The lowest BCUT2D eigenvalue weighted by Gasteiger charge is -2.13. The Balaban J connectivity index is 1.50. The number of halogens is 1. The highest BCUT2D eigenvalue weighted by Crippen LogP contribution is 2.61. The van der Waals surface area contributed by atoms with E-state index in [1.54, 1.807) is 6.20 Å². The van der Waals surface area contributed by atoms with Gasteiger partial charge in [0.15, 0.2) is 0 Å². The van der Waals surface area contributed by atoms with Crippen LogP contribution in [-0.2, 0) is 11.8 Å². The lowest BCUT2D eigenvalue weighted by atomic mass is 9.95. The van der Waals surface area contributed by atoms with Gasteiger partial charge in [-0.1, -0.05) is 35.9 Å². The molecule has 2 atom stereocenters. The predicted octanol–water partition coefficient (Wildman–Crippen LogP) is 2.74. The van der Waals surface area contributed by atoms with E-state index >= 15 is 0 Å². The number of anilines is 1. The van der Waals surface area contributed by atoms with Crippen molar-refractivity contribution < 1.29 is 0 Å². The van der Waals surface area contributed by atoms with Gasteiger partial charge in [-0.05, 0) is 36.3 Å². The van der Waals surface area contributed by atoms with Crippen LogP contribution in [0, 0.1) is 5.92 Å². The molecule has 1 aromatic heterocycles. The summed E-state index contributed by atoms with van der Waals surface area (Å²) in [6, 6.07) is 8.76. The van der Waals surface area contributed by atoms with Crippen molar-refractivity contribution in [3.63, 3.8) is 0 Å². The van der Waals surface area contributed by atoms with Crippen LogP contribution in [0.2, 0.25) is 5.02 Å². The maximum atomic E-state index is 11.4. The molecule has 2 aliphatic rings. The molecule has 0 bridgehead atoms. The van der Waals surface area contributed by atoms with Gasteiger partial charge in [-0.25, -0.2) is 5.10 Å². The average Bonchev–Trinajstić information content (AvgIpc) is 3.08. The fourth-order valence-corrected chi connectivity index (χ4v) is 3.90. The zero-order valence-corrected chi connectivity index (χ0v) is 12.3. The highest BCUT2D eigenvalue weighted by Gasteiger charge is 2.57. The summed E-state index contributed by atoms with van der Waals surface area (Å²) in [5.74, 6) is 0.608. The van der Waals surface area contributed by atoms with E-state index in [4.69, 9.17) is 11.6 Å². The molecular formula is C16H16ClN3O. The van der Waals surface area contributed by atoms with E-state index < -0.39 is 0 Å². The Hall–Kier alpha value is -1.81. The van der Waals surface area contributed by atoms with Gasteiger partial charge in [-0.3, -0.25) is 4.79 Å². The van der Waals surface area contributed by atoms with Crippen molar-refractivity contribution in [3.05, 3.63) is 57.0 Å². The third-order valence-electron chi connectivity index (χ3n) is 4.96. The molecule has 1 saturated carbocycles. The zero-order chi connectivity index (χ0) is 14.4. The first kappa shape index (κ1) is 12.9. The summed E-state index contributed by atoms with van der Waals surface area (Å²) in [7, 11) is 0. The van der Waals surface area contributed by atoms with Crippen LogP contribution in [0.3, 0.4) is 0 Å². The van der Waals surface area contributed by atoms with Crippen LogP contribution in [0.25, 0.3) is 0 Å². The van der Waals surface area contributed by atoms with Gasteiger partial charge in [0.1, 0.15) is 5.02 Å². The Labute approximate surface area is 127 Å². The third kappa shape index (κ3) is 1.97. The van der Waals surface area contributed by atoms with E-state index in [9.17, 15) is 4.79 Å². The number of aryl methyl sites for hydroxylation is 1. The Bertz CT molecular complexity index is 757. The molecule has 1 spiro atoms. The second-order valence-corrected chi connectivity index (χ2v) is 6.40. The van der Waals surface area contributed by atoms with Gasteiger partial charge < -0.3 is 5.32 Å². The molecule has 2 N–H and O–H groups in total. The third-order valence-corrected chi connectivity index (χ3v) is 5.34. The summed E-state index contributed by atoms with van der Waals surface area (Å²) in [5.41, 5.74) is 3.64. The number of nitrogens with zero attached hydrogens (tertiary/aromatic N) is 1. The standard InChI is InChI=1S/C16H16ClN3O/c17-14-13(9-19-20-15(14)21)18-8-11-7-16(11)6-5-10-3-1-2-4-12(10)16/h1-4,9,11H,5-8H2,(H2,18,20,21)/t11-,16+/m1/s1. The summed E-state index contributed by atoms with van der Waals surface area (Å²) in [6.07, 6.45) is 5.20. The van der Waals surface area contributed by atoms with Crippen LogP contribution < -0.4 is 10.9 Å². The maximum Gasteiger partial charge on any atom is 0.285 e. The average molecular weight is 302 g/mol. The number of nitrogens with one attached hydrogen (secondary N) is 2. The van der Waals surface area contributed by atoms with Gasteiger partial charge in [0.2, 0.25) is 0 Å². The van der Waals surface area contributed by atoms with Crippen LogP contribution in [0.5, 0.6) is 0 Å². The van der Waals surface area contributed by atoms with Crippen molar-refractivity contribution in [2.75, 3.05) is 11.9 Å². The van der Waals surface area contributed by atoms with Gasteiger partial charge in [-0.15, -0.1) is 0 Å². The number of H-pyrrole nitrogens is 1. The number of rotatable bonds is 3. The monoisotopic (exact) mass is 301 g/mol. The van der Waals surface area contributed by atoms with Crippen molar-refractivity contribution in [2.24, 2.45) is 5.92 Å². The Morgan fingerprint density at radius 3 is 3.19 bits per heavy atom. The van der Waals surface area contributed by atoms with Gasteiger partial charge in [-0.2, -0.15) is 5.10 Å². The van der Waals surface area contributed by atoms with Gasteiger partial charge in [0.25, 0.3) is 5.56 Å². The first-order chi connectivity index (χ1) is 10.2. The molecule has 108 valence electrons. The van der Waals surface area contributed by atoms with Crippen LogP contribution in [0.4, 0.5) is 5.69 Å². The number of fused-ring (bicyclic) bond motifs is 2. The molecule has 4 rings (SSSR count). The summed E-state index contributed by atoms with van der Waals surface area (Å²) in [6.45, 7) is 0.833. The summed E-state index contributed by atoms with van der Waals surface area (Å²) in [5, 5.41) is 9.58. The number of hydrogen-bond acceptors (Lipinski definition) is 3. The van der Waals surface area contributed by atoms with E-state index in [-0.39, 0.29) is 10.6 Å². The summed E-state index contributed by atoms with van der Waals surface area (Å²) >= 11 is 5.98. The van der Waals surface area contributed by atoms with E-state index in [0.717, 1.165) is 6.54 Å². The molecule has 2 aliphatic carbocycles. The van der Waals surface area contributed by atoms with Crippen LogP contribution in [0.1, 0.15) is 24.0 Å². The quantitative estimate of drug-likeness (QED) is 0.916. The molecule has 0 radical (unpaired) electrons. The minimum Gasteiger partial charge on any atom is -0.382 e. The highest BCUT2D eigenvalue weighted by atomic mass is 35.5. The summed E-state index contributed by atoms with van der Waals surface area (Å²) < 4.78 is 0. The van der Waals surface area contributed by atoms with E-state index in [1.165, 1.54) is 30.4 Å². The van der Waals surface area contributed by atoms with Gasteiger partial charge in [0.05, 0.1) is 11.9 Å². The molecule has 21 heavy (non-hydrogen) atoms. The molecule has 2 aromatic rings. The lowest BCUT2D eigenvalue weighted by Crippen LogP contribution is -2.16. The fourth-order valence-electron chi connectivity index (χ4n) is 3.74. The fraction of sp³-hybridized carbons (Fsp3) is 0.375. The molecule has 0 saturated heterocycles. The van der Waals surface area contributed by atoms with Crippen LogP contribution in [-0.4, -0.2) is 16.7 Å². The summed E-state index contributed by atoms with van der Waals surface area (Å²) in [4.78, 5) is 11.4. The number of hydrogen-bond donors (Lipinski definition) is 2. The molecule has 0 unspecified atom stereocenters. The topological polar surface area (TPSA) is 57.8 Å². The van der Waals surface area contributed by atoms with Crippen molar-refractivity contribution >= 4 is 17.3 Å². The smallest absolute Gasteiger partial charge is 0.285 e. The van der Waals surface area contributed by atoms with Crippen molar-refractivity contribution in [1.29, 1.82) is 0 Å². The number of aromatic amines is 1. The molecule has 1 heterocycles. The Morgan fingerprint density at radius 1 is 1.43 bits per heavy atom. The van der Waals surface area contributed by atoms with Crippen molar-refractivity contribution in [2.45, 2.75) is 24.7 Å². The van der Waals surface area contributed by atoms with E-state index in [1.807, 2.05) is 0 Å². The second kappa shape index (κ2) is 4.60. The molecular weight excluding hydrogens is 286 g/mol. The molecule has 1 fully saturated rings. The highest BCUT2D eigenvalue weighted by molar-refractivity contribution is 6.32. The Kier molecular flexibility index (Phi) is 2.82.